The number of halogens is 2. The van der Waals surface area contributed by atoms with E-state index in [1.54, 1.807) is 6.07 Å². The van der Waals surface area contributed by atoms with E-state index in [1.807, 2.05) is 55.5 Å². The molecule has 196 valence electrons. The third-order valence-electron chi connectivity index (χ3n) is 6.98. The summed E-state index contributed by atoms with van der Waals surface area (Å²) in [6, 6.07) is 21.7. The molecule has 0 bridgehead atoms. The van der Waals surface area contributed by atoms with Gasteiger partial charge in [0.2, 0.25) is 0 Å². The van der Waals surface area contributed by atoms with Gasteiger partial charge in [0, 0.05) is 49.1 Å². The Morgan fingerprint density at radius 2 is 1.78 bits per heavy atom. The lowest BCUT2D eigenvalue weighted by Gasteiger charge is -2.45. The first-order valence-electron chi connectivity index (χ1n) is 12.7. The second kappa shape index (κ2) is 11.8. The SMILES string of the molecule is C=C(NCCC)c1ccc([C@](C)(O)CN2CCN(c3ccc(N)cc3Cl)[C@H](c3ccc(Cl)cc3)C2)cc1. The van der Waals surface area contributed by atoms with E-state index < -0.39 is 5.60 Å². The van der Waals surface area contributed by atoms with E-state index in [0.29, 0.717) is 22.3 Å². The summed E-state index contributed by atoms with van der Waals surface area (Å²) in [5.41, 5.74) is 10.5. The van der Waals surface area contributed by atoms with Crippen LogP contribution in [0.1, 0.15) is 43.0 Å². The number of hydrogen-bond donors (Lipinski definition) is 3. The number of nitrogens with one attached hydrogen (secondary N) is 1. The third kappa shape index (κ3) is 6.60. The van der Waals surface area contributed by atoms with Crippen molar-refractivity contribution in [2.75, 3.05) is 43.4 Å². The van der Waals surface area contributed by atoms with Gasteiger partial charge in [-0.1, -0.05) is 73.1 Å². The van der Waals surface area contributed by atoms with Crippen LogP contribution in [0.3, 0.4) is 0 Å². The predicted molar refractivity (Wildman–Crippen MR) is 157 cm³/mol. The van der Waals surface area contributed by atoms with Gasteiger partial charge in [-0.05, 0) is 60.4 Å². The Balaban J connectivity index is 1.53. The van der Waals surface area contributed by atoms with E-state index in [-0.39, 0.29) is 6.04 Å². The quantitative estimate of drug-likeness (QED) is 0.278. The maximum atomic E-state index is 11.5. The second-order valence-corrected chi connectivity index (χ2v) is 10.8. The maximum Gasteiger partial charge on any atom is 0.0994 e. The van der Waals surface area contributed by atoms with E-state index in [4.69, 9.17) is 28.9 Å². The Kier molecular flexibility index (Phi) is 8.71. The minimum Gasteiger partial charge on any atom is -0.399 e. The fourth-order valence-corrected chi connectivity index (χ4v) is 5.36. The van der Waals surface area contributed by atoms with Gasteiger partial charge in [-0.2, -0.15) is 0 Å². The summed E-state index contributed by atoms with van der Waals surface area (Å²) in [6.45, 7) is 11.8. The molecule has 0 aliphatic carbocycles. The summed E-state index contributed by atoms with van der Waals surface area (Å²) in [4.78, 5) is 4.64. The van der Waals surface area contributed by atoms with Crippen LogP contribution in [0.25, 0.3) is 5.70 Å². The van der Waals surface area contributed by atoms with E-state index >= 15 is 0 Å². The van der Waals surface area contributed by atoms with Crippen LogP contribution in [0.2, 0.25) is 10.0 Å². The number of nitrogen functional groups attached to an aromatic ring is 1. The lowest BCUT2D eigenvalue weighted by atomic mass is 9.92. The number of aliphatic hydroxyl groups is 1. The third-order valence-corrected chi connectivity index (χ3v) is 7.53. The van der Waals surface area contributed by atoms with Gasteiger partial charge in [0.25, 0.3) is 0 Å². The molecule has 1 aliphatic heterocycles. The van der Waals surface area contributed by atoms with Crippen LogP contribution >= 0.6 is 23.2 Å². The van der Waals surface area contributed by atoms with E-state index in [0.717, 1.165) is 60.7 Å². The van der Waals surface area contributed by atoms with Crippen LogP contribution in [-0.4, -0.2) is 42.7 Å². The fraction of sp³-hybridized carbons (Fsp3) is 0.333. The van der Waals surface area contributed by atoms with Gasteiger partial charge < -0.3 is 21.1 Å². The summed E-state index contributed by atoms with van der Waals surface area (Å²) >= 11 is 12.8. The summed E-state index contributed by atoms with van der Waals surface area (Å²) in [7, 11) is 0. The van der Waals surface area contributed by atoms with Gasteiger partial charge in [-0.15, -0.1) is 0 Å². The molecule has 4 N–H and O–H groups in total. The molecule has 0 unspecified atom stereocenters. The van der Waals surface area contributed by atoms with E-state index in [9.17, 15) is 5.11 Å². The monoisotopic (exact) mass is 538 g/mol. The summed E-state index contributed by atoms with van der Waals surface area (Å²) in [5, 5.41) is 16.2. The average Bonchev–Trinajstić information content (AvgIpc) is 2.88. The lowest BCUT2D eigenvalue weighted by molar-refractivity contribution is 0.0103. The average molecular weight is 540 g/mol. The molecule has 0 aromatic heterocycles. The molecular weight excluding hydrogens is 503 g/mol. The maximum absolute atomic E-state index is 11.5. The van der Waals surface area contributed by atoms with Crippen LogP contribution in [0.15, 0.2) is 73.3 Å². The highest BCUT2D eigenvalue weighted by atomic mass is 35.5. The van der Waals surface area contributed by atoms with Crippen molar-refractivity contribution >= 4 is 40.3 Å². The van der Waals surface area contributed by atoms with Crippen LogP contribution < -0.4 is 16.0 Å². The van der Waals surface area contributed by atoms with Gasteiger partial charge in [-0.3, -0.25) is 4.90 Å². The molecule has 0 spiro atoms. The van der Waals surface area contributed by atoms with Crippen molar-refractivity contribution < 1.29 is 5.11 Å². The molecule has 5 nitrogen and oxygen atoms in total. The zero-order valence-electron chi connectivity index (χ0n) is 21.6. The summed E-state index contributed by atoms with van der Waals surface area (Å²) in [6.07, 6.45) is 1.04. The number of benzene rings is 3. The first kappa shape index (κ1) is 27.3. The molecule has 4 rings (SSSR count). The Morgan fingerprint density at radius 3 is 2.43 bits per heavy atom. The molecule has 0 radical (unpaired) electrons. The molecule has 0 saturated carbocycles. The minimum atomic E-state index is -1.01. The fourth-order valence-electron chi connectivity index (χ4n) is 4.93. The first-order chi connectivity index (χ1) is 17.7. The van der Waals surface area contributed by atoms with Crippen LogP contribution in [-0.2, 0) is 5.60 Å². The molecule has 1 saturated heterocycles. The zero-order valence-corrected chi connectivity index (χ0v) is 23.1. The second-order valence-electron chi connectivity index (χ2n) is 9.96. The van der Waals surface area contributed by atoms with Crippen LogP contribution in [0, 0.1) is 0 Å². The smallest absolute Gasteiger partial charge is 0.0994 e. The number of nitrogens with zero attached hydrogens (tertiary/aromatic N) is 2. The van der Waals surface area contributed by atoms with Gasteiger partial charge in [0.15, 0.2) is 0 Å². The zero-order chi connectivity index (χ0) is 26.6. The summed E-state index contributed by atoms with van der Waals surface area (Å²) < 4.78 is 0. The molecule has 7 heteroatoms. The van der Waals surface area contributed by atoms with Gasteiger partial charge in [-0.25, -0.2) is 0 Å². The predicted octanol–water partition coefficient (Wildman–Crippen LogP) is 6.32. The summed E-state index contributed by atoms with van der Waals surface area (Å²) in [5.74, 6) is 0. The molecule has 37 heavy (non-hydrogen) atoms. The molecule has 2 atom stereocenters. The van der Waals surface area contributed by atoms with Gasteiger partial charge >= 0.3 is 0 Å². The topological polar surface area (TPSA) is 64.8 Å². The standard InChI is InChI=1S/C30H36Cl2N4O/c1-4-15-34-21(2)22-5-9-24(10-6-22)30(3,37)20-35-16-17-36(28-14-13-26(33)18-27(28)32)29(19-35)23-7-11-25(31)12-8-23/h5-14,18,29,34,37H,2,4,15-17,19-20,33H2,1,3H3/t29-,30+/m0/s1. The first-order valence-corrected chi connectivity index (χ1v) is 13.5. The van der Waals surface area contributed by atoms with E-state index in [1.165, 1.54) is 0 Å². The number of piperazine rings is 1. The van der Waals surface area contributed by atoms with Crippen molar-refractivity contribution in [1.82, 2.24) is 10.2 Å². The van der Waals surface area contributed by atoms with Crippen LogP contribution in [0.5, 0.6) is 0 Å². The molecule has 3 aromatic rings. The van der Waals surface area contributed by atoms with Crippen LogP contribution in [0.4, 0.5) is 11.4 Å². The van der Waals surface area contributed by atoms with Crippen molar-refractivity contribution in [2.45, 2.75) is 31.9 Å². The normalized spacial score (nSPS) is 17.9. The molecule has 1 heterocycles. The highest BCUT2D eigenvalue weighted by molar-refractivity contribution is 6.33. The number of rotatable bonds is 9. The Morgan fingerprint density at radius 1 is 1.08 bits per heavy atom. The van der Waals surface area contributed by atoms with E-state index in [2.05, 4.69) is 40.8 Å². The van der Waals surface area contributed by atoms with Crippen molar-refractivity contribution in [3.05, 3.63) is 100 Å². The molecule has 1 fully saturated rings. The van der Waals surface area contributed by atoms with Gasteiger partial charge in [0.1, 0.15) is 0 Å². The Labute approximate surface area is 230 Å². The number of nitrogens with two attached hydrogens (primary N) is 1. The molecule has 1 aliphatic rings. The van der Waals surface area contributed by atoms with Crippen molar-refractivity contribution in [3.8, 4) is 0 Å². The Bertz CT molecular complexity index is 1210. The number of anilines is 2. The number of hydrogen-bond acceptors (Lipinski definition) is 5. The number of β-amino-alcohol motifs (C(OH)–C–C–N with tert-alkyl or cyclic N) is 1. The van der Waals surface area contributed by atoms with Crippen molar-refractivity contribution in [2.24, 2.45) is 0 Å². The molecular formula is C30H36Cl2N4O. The highest BCUT2D eigenvalue weighted by Gasteiger charge is 2.34. The van der Waals surface area contributed by atoms with Crippen molar-refractivity contribution in [3.63, 3.8) is 0 Å². The van der Waals surface area contributed by atoms with Crippen molar-refractivity contribution in [1.29, 1.82) is 0 Å². The lowest BCUT2D eigenvalue weighted by Crippen LogP contribution is -2.52. The highest BCUT2D eigenvalue weighted by Crippen LogP contribution is 2.37. The Hall–Kier alpha value is -2.70. The largest absolute Gasteiger partial charge is 0.399 e. The molecule has 0 amide bonds. The van der Waals surface area contributed by atoms with Gasteiger partial charge in [0.05, 0.1) is 22.4 Å². The minimum absolute atomic E-state index is 0.0401. The molecule has 3 aromatic carbocycles.